The van der Waals surface area contributed by atoms with Gasteiger partial charge in [0.2, 0.25) is 0 Å². The van der Waals surface area contributed by atoms with Crippen LogP contribution in [-0.2, 0) is 9.31 Å². The molecule has 1 fully saturated rings. The second kappa shape index (κ2) is 8.08. The molecule has 0 N–H and O–H groups in total. The van der Waals surface area contributed by atoms with Gasteiger partial charge in [-0.05, 0) is 89.1 Å². The lowest BCUT2D eigenvalue weighted by Gasteiger charge is -2.32. The fraction of sp³-hybridized carbons (Fsp3) is 0.188. The second-order valence-corrected chi connectivity index (χ2v) is 10.5. The van der Waals surface area contributed by atoms with Crippen molar-refractivity contribution in [1.29, 1.82) is 0 Å². The van der Waals surface area contributed by atoms with E-state index in [1.165, 1.54) is 38.2 Å². The highest BCUT2D eigenvalue weighted by Crippen LogP contribution is 2.38. The summed E-state index contributed by atoms with van der Waals surface area (Å²) in [7, 11) is -0.368. The Morgan fingerprint density at radius 3 is 1.83 bits per heavy atom. The third-order valence-electron chi connectivity index (χ3n) is 7.69. The maximum atomic E-state index is 6.30. The molecule has 1 aliphatic heterocycles. The number of hydrogen-bond donors (Lipinski definition) is 0. The van der Waals surface area contributed by atoms with Crippen molar-refractivity contribution in [2.45, 2.75) is 38.9 Å². The van der Waals surface area contributed by atoms with Gasteiger partial charge in [0.15, 0.2) is 0 Å². The summed E-state index contributed by atoms with van der Waals surface area (Å²) < 4.78 is 12.6. The van der Waals surface area contributed by atoms with E-state index < -0.39 is 0 Å². The average molecular weight is 456 g/mol. The lowest BCUT2D eigenvalue weighted by atomic mass is 9.78. The Bertz CT molecular complexity index is 1550. The summed E-state index contributed by atoms with van der Waals surface area (Å²) in [6, 6.07) is 37.0. The van der Waals surface area contributed by atoms with E-state index in [0.29, 0.717) is 0 Å². The number of rotatable bonds is 3. The fourth-order valence-corrected chi connectivity index (χ4v) is 5.00. The molecule has 1 saturated heterocycles. The van der Waals surface area contributed by atoms with Crippen LogP contribution >= 0.6 is 0 Å². The first kappa shape index (κ1) is 22.1. The molecule has 0 unspecified atom stereocenters. The van der Waals surface area contributed by atoms with Crippen LogP contribution in [0.15, 0.2) is 103 Å². The Morgan fingerprint density at radius 1 is 0.514 bits per heavy atom. The summed E-state index contributed by atoms with van der Waals surface area (Å²) in [5.74, 6) is 0. The molecule has 3 heteroatoms. The van der Waals surface area contributed by atoms with E-state index in [-0.39, 0.29) is 18.3 Å². The van der Waals surface area contributed by atoms with Crippen LogP contribution in [0, 0.1) is 0 Å². The van der Waals surface area contributed by atoms with Crippen LogP contribution in [0.5, 0.6) is 0 Å². The second-order valence-electron chi connectivity index (χ2n) is 10.5. The van der Waals surface area contributed by atoms with E-state index in [1.54, 1.807) is 0 Å². The van der Waals surface area contributed by atoms with E-state index >= 15 is 0 Å². The molecule has 5 aromatic rings. The summed E-state index contributed by atoms with van der Waals surface area (Å²) >= 11 is 0. The molecule has 0 aromatic heterocycles. The normalized spacial score (nSPS) is 16.7. The van der Waals surface area contributed by atoms with Gasteiger partial charge in [-0.25, -0.2) is 0 Å². The molecular formula is C32H29BO2. The molecule has 6 rings (SSSR count). The molecule has 2 nitrogen and oxygen atoms in total. The number of benzene rings is 5. The molecule has 1 heterocycles. The fourth-order valence-electron chi connectivity index (χ4n) is 5.00. The zero-order chi connectivity index (χ0) is 24.2. The molecular weight excluding hydrogens is 427 g/mol. The summed E-state index contributed by atoms with van der Waals surface area (Å²) in [5, 5.41) is 5.11. The van der Waals surface area contributed by atoms with E-state index in [1.807, 2.05) is 0 Å². The zero-order valence-electron chi connectivity index (χ0n) is 20.7. The van der Waals surface area contributed by atoms with Gasteiger partial charge in [-0.2, -0.15) is 0 Å². The Hall–Kier alpha value is -3.40. The molecule has 35 heavy (non-hydrogen) atoms. The van der Waals surface area contributed by atoms with Gasteiger partial charge >= 0.3 is 7.12 Å². The third kappa shape index (κ3) is 3.76. The van der Waals surface area contributed by atoms with E-state index in [0.717, 1.165) is 11.0 Å². The standard InChI is InChI=1S/C32H29BO2/c1-31(2)32(3,4)35-33(34-31)26-15-10-13-23(20-26)22-12-9-14-24(19-22)30-21-25-11-5-6-16-27(25)28-17-7-8-18-29(28)30/h5-21H,1-4H3. The van der Waals surface area contributed by atoms with Crippen LogP contribution in [0.25, 0.3) is 43.8 Å². The number of hydrogen-bond acceptors (Lipinski definition) is 2. The van der Waals surface area contributed by atoms with Crippen LogP contribution in [0.4, 0.5) is 0 Å². The third-order valence-corrected chi connectivity index (χ3v) is 7.69. The molecule has 0 amide bonds. The molecule has 5 aromatic carbocycles. The topological polar surface area (TPSA) is 18.5 Å². The minimum absolute atomic E-state index is 0.356. The Kier molecular flexibility index (Phi) is 5.10. The molecule has 0 atom stereocenters. The SMILES string of the molecule is CC1(C)OB(c2cccc(-c3cccc(-c4cc5ccccc5c5ccccc45)c3)c2)OC1(C)C. The largest absolute Gasteiger partial charge is 0.494 e. The lowest BCUT2D eigenvalue weighted by molar-refractivity contribution is 0.00578. The molecule has 172 valence electrons. The minimum atomic E-state index is -0.368. The highest BCUT2D eigenvalue weighted by molar-refractivity contribution is 6.62. The predicted octanol–water partition coefficient (Wildman–Crippen LogP) is 7.63. The Balaban J connectivity index is 1.43. The maximum Gasteiger partial charge on any atom is 0.494 e. The smallest absolute Gasteiger partial charge is 0.399 e. The van der Waals surface area contributed by atoms with Crippen molar-refractivity contribution in [3.8, 4) is 22.3 Å². The minimum Gasteiger partial charge on any atom is -0.399 e. The molecule has 0 aliphatic carbocycles. The van der Waals surface area contributed by atoms with Crippen molar-refractivity contribution in [2.24, 2.45) is 0 Å². The molecule has 0 saturated carbocycles. The summed E-state index contributed by atoms with van der Waals surface area (Å²) in [4.78, 5) is 0. The monoisotopic (exact) mass is 456 g/mol. The van der Waals surface area contributed by atoms with Crippen molar-refractivity contribution in [1.82, 2.24) is 0 Å². The highest BCUT2D eigenvalue weighted by atomic mass is 16.7. The lowest BCUT2D eigenvalue weighted by Crippen LogP contribution is -2.41. The van der Waals surface area contributed by atoms with Gasteiger partial charge in [0.25, 0.3) is 0 Å². The molecule has 0 bridgehead atoms. The van der Waals surface area contributed by atoms with Crippen LogP contribution in [0.2, 0.25) is 0 Å². The van der Waals surface area contributed by atoms with E-state index in [9.17, 15) is 0 Å². The van der Waals surface area contributed by atoms with Crippen LogP contribution in [-0.4, -0.2) is 18.3 Å². The van der Waals surface area contributed by atoms with Gasteiger partial charge in [-0.15, -0.1) is 0 Å². The Labute approximate surface area is 207 Å². The van der Waals surface area contributed by atoms with Crippen LogP contribution in [0.1, 0.15) is 27.7 Å². The van der Waals surface area contributed by atoms with Gasteiger partial charge < -0.3 is 9.31 Å². The van der Waals surface area contributed by atoms with Gasteiger partial charge in [-0.1, -0.05) is 91.0 Å². The number of fused-ring (bicyclic) bond motifs is 3. The van der Waals surface area contributed by atoms with Gasteiger partial charge in [0.1, 0.15) is 0 Å². The summed E-state index contributed by atoms with van der Waals surface area (Å²) in [6.45, 7) is 8.37. The maximum absolute atomic E-state index is 6.30. The van der Waals surface area contributed by atoms with E-state index in [2.05, 4.69) is 131 Å². The van der Waals surface area contributed by atoms with E-state index in [4.69, 9.17) is 9.31 Å². The van der Waals surface area contributed by atoms with Crippen LogP contribution in [0.3, 0.4) is 0 Å². The first-order valence-corrected chi connectivity index (χ1v) is 12.3. The van der Waals surface area contributed by atoms with Crippen molar-refractivity contribution >= 4 is 34.1 Å². The van der Waals surface area contributed by atoms with Crippen molar-refractivity contribution in [3.05, 3.63) is 103 Å². The highest BCUT2D eigenvalue weighted by Gasteiger charge is 2.51. The quantitative estimate of drug-likeness (QED) is 0.205. The average Bonchev–Trinajstić information content (AvgIpc) is 3.10. The van der Waals surface area contributed by atoms with Crippen LogP contribution < -0.4 is 5.46 Å². The molecule has 0 spiro atoms. The van der Waals surface area contributed by atoms with Crippen molar-refractivity contribution < 1.29 is 9.31 Å². The Morgan fingerprint density at radius 2 is 1.09 bits per heavy atom. The predicted molar refractivity (Wildman–Crippen MR) is 148 cm³/mol. The van der Waals surface area contributed by atoms with Gasteiger partial charge in [-0.3, -0.25) is 0 Å². The van der Waals surface area contributed by atoms with Gasteiger partial charge in [0, 0.05) is 0 Å². The summed E-state index contributed by atoms with van der Waals surface area (Å²) in [5.41, 5.74) is 5.13. The van der Waals surface area contributed by atoms with Gasteiger partial charge in [0.05, 0.1) is 11.2 Å². The van der Waals surface area contributed by atoms with Crippen molar-refractivity contribution in [2.75, 3.05) is 0 Å². The molecule has 1 aliphatic rings. The summed E-state index contributed by atoms with van der Waals surface area (Å²) in [6.07, 6.45) is 0. The molecule has 0 radical (unpaired) electrons. The van der Waals surface area contributed by atoms with Crippen molar-refractivity contribution in [3.63, 3.8) is 0 Å². The first-order valence-electron chi connectivity index (χ1n) is 12.3. The zero-order valence-corrected chi connectivity index (χ0v) is 20.7. The first-order chi connectivity index (χ1) is 16.8.